The number of pyridine rings is 1. The van der Waals surface area contributed by atoms with Gasteiger partial charge in [-0.2, -0.15) is 5.10 Å². The zero-order chi connectivity index (χ0) is 14.0. The summed E-state index contributed by atoms with van der Waals surface area (Å²) >= 11 is 12.0. The minimum absolute atomic E-state index is 0.395. The summed E-state index contributed by atoms with van der Waals surface area (Å²) in [6.07, 6.45) is 2.92. The van der Waals surface area contributed by atoms with Gasteiger partial charge in [0.15, 0.2) is 5.15 Å². The Hall–Kier alpha value is -1.26. The van der Waals surface area contributed by atoms with E-state index in [0.717, 1.165) is 28.9 Å². The monoisotopic (exact) mass is 298 g/mol. The molecule has 0 bridgehead atoms. The highest BCUT2D eigenvalue weighted by atomic mass is 35.5. The maximum Gasteiger partial charge on any atom is 0.154 e. The molecule has 1 N–H and O–H groups in total. The summed E-state index contributed by atoms with van der Waals surface area (Å²) in [5.41, 5.74) is 4.05. The highest BCUT2D eigenvalue weighted by molar-refractivity contribution is 6.34. The van der Waals surface area contributed by atoms with Gasteiger partial charge in [0.25, 0.3) is 0 Å². The molecule has 0 fully saturated rings. The Labute approximate surface area is 122 Å². The van der Waals surface area contributed by atoms with Gasteiger partial charge in [-0.3, -0.25) is 4.68 Å². The Morgan fingerprint density at radius 2 is 2.11 bits per heavy atom. The molecule has 0 unspecified atom stereocenters. The lowest BCUT2D eigenvalue weighted by molar-refractivity contribution is 0.746. The molecule has 2 heterocycles. The Kier molecular flexibility index (Phi) is 4.32. The van der Waals surface area contributed by atoms with Gasteiger partial charge in [0.2, 0.25) is 0 Å². The number of hydrogen-bond donors (Lipinski definition) is 1. The van der Waals surface area contributed by atoms with Gasteiger partial charge in [-0.15, -0.1) is 0 Å². The number of aryl methyl sites for hydroxylation is 3. The smallest absolute Gasteiger partial charge is 0.154 e. The number of nitrogens with one attached hydrogen (secondary N) is 1. The molecule has 0 aliphatic carbocycles. The molecule has 0 saturated heterocycles. The van der Waals surface area contributed by atoms with Gasteiger partial charge in [0.05, 0.1) is 11.4 Å². The molecule has 2 rings (SSSR count). The van der Waals surface area contributed by atoms with Crippen molar-refractivity contribution in [1.29, 1.82) is 0 Å². The third kappa shape index (κ3) is 3.19. The lowest BCUT2D eigenvalue weighted by atomic mass is 10.2. The number of aromatic nitrogens is 3. The maximum atomic E-state index is 6.10. The van der Waals surface area contributed by atoms with Crippen molar-refractivity contribution >= 4 is 28.9 Å². The summed E-state index contributed by atoms with van der Waals surface area (Å²) in [4.78, 5) is 4.04. The molecule has 0 saturated carbocycles. The topological polar surface area (TPSA) is 42.7 Å². The molecular formula is C13H16Cl2N4. The van der Waals surface area contributed by atoms with Crippen LogP contribution in [0.1, 0.15) is 23.7 Å². The Balaban J connectivity index is 2.19. The van der Waals surface area contributed by atoms with Crippen LogP contribution in [0.5, 0.6) is 0 Å². The van der Waals surface area contributed by atoms with Crippen molar-refractivity contribution < 1.29 is 0 Å². The average Bonchev–Trinajstić information content (AvgIpc) is 2.68. The minimum atomic E-state index is 0.395. The zero-order valence-corrected chi connectivity index (χ0v) is 12.7. The lowest BCUT2D eigenvalue weighted by Crippen LogP contribution is -2.04. The second-order valence-electron chi connectivity index (χ2n) is 4.41. The SMILES string of the molecule is CCc1nn(C)cc1CNc1c(C)cc(Cl)nc1Cl. The molecule has 0 radical (unpaired) electrons. The van der Waals surface area contributed by atoms with Crippen LogP contribution in [0.2, 0.25) is 10.3 Å². The van der Waals surface area contributed by atoms with Crippen molar-refractivity contribution in [2.75, 3.05) is 5.32 Å². The number of halogens is 2. The highest BCUT2D eigenvalue weighted by Gasteiger charge is 2.10. The molecule has 19 heavy (non-hydrogen) atoms. The molecule has 4 nitrogen and oxygen atoms in total. The van der Waals surface area contributed by atoms with Gasteiger partial charge in [-0.1, -0.05) is 30.1 Å². The Morgan fingerprint density at radius 1 is 1.37 bits per heavy atom. The fourth-order valence-electron chi connectivity index (χ4n) is 2.02. The molecule has 0 amide bonds. The summed E-state index contributed by atoms with van der Waals surface area (Å²) in [6, 6.07) is 1.79. The van der Waals surface area contributed by atoms with Gasteiger partial charge >= 0.3 is 0 Å². The molecule has 0 atom stereocenters. The van der Waals surface area contributed by atoms with Crippen LogP contribution in [0.3, 0.4) is 0 Å². The fourth-order valence-corrected chi connectivity index (χ4v) is 2.62. The number of hydrogen-bond acceptors (Lipinski definition) is 3. The quantitative estimate of drug-likeness (QED) is 0.877. The summed E-state index contributed by atoms with van der Waals surface area (Å²) < 4.78 is 1.82. The number of rotatable bonds is 4. The second kappa shape index (κ2) is 5.80. The first-order chi connectivity index (χ1) is 9.01. The molecule has 2 aromatic rings. The zero-order valence-electron chi connectivity index (χ0n) is 11.2. The fraction of sp³-hybridized carbons (Fsp3) is 0.385. The van der Waals surface area contributed by atoms with Crippen molar-refractivity contribution in [3.05, 3.63) is 39.4 Å². The van der Waals surface area contributed by atoms with Gasteiger partial charge < -0.3 is 5.32 Å². The first-order valence-electron chi connectivity index (χ1n) is 6.09. The molecule has 2 aromatic heterocycles. The van der Waals surface area contributed by atoms with E-state index in [-0.39, 0.29) is 0 Å². The van der Waals surface area contributed by atoms with E-state index >= 15 is 0 Å². The van der Waals surface area contributed by atoms with E-state index < -0.39 is 0 Å². The van der Waals surface area contributed by atoms with E-state index in [9.17, 15) is 0 Å². The first-order valence-corrected chi connectivity index (χ1v) is 6.84. The molecule has 0 spiro atoms. The average molecular weight is 299 g/mol. The van der Waals surface area contributed by atoms with Gasteiger partial charge in [-0.05, 0) is 25.0 Å². The first kappa shape index (κ1) is 14.2. The molecule has 0 aliphatic rings. The van der Waals surface area contributed by atoms with Crippen molar-refractivity contribution in [1.82, 2.24) is 14.8 Å². The summed E-state index contributed by atoms with van der Waals surface area (Å²) in [5, 5.41) is 8.52. The van der Waals surface area contributed by atoms with Crippen LogP contribution in [0.25, 0.3) is 0 Å². The van der Waals surface area contributed by atoms with Crippen molar-refractivity contribution in [3.63, 3.8) is 0 Å². The van der Waals surface area contributed by atoms with Crippen LogP contribution in [-0.2, 0) is 20.0 Å². The third-order valence-corrected chi connectivity index (χ3v) is 3.39. The van der Waals surface area contributed by atoms with Crippen LogP contribution < -0.4 is 5.32 Å². The maximum absolute atomic E-state index is 6.10. The molecule has 0 aromatic carbocycles. The lowest BCUT2D eigenvalue weighted by Gasteiger charge is -2.11. The van der Waals surface area contributed by atoms with Crippen LogP contribution in [-0.4, -0.2) is 14.8 Å². The minimum Gasteiger partial charge on any atom is -0.378 e. The van der Waals surface area contributed by atoms with Gasteiger partial charge in [0, 0.05) is 25.4 Å². The van der Waals surface area contributed by atoms with E-state index in [0.29, 0.717) is 16.9 Å². The predicted molar refractivity (Wildman–Crippen MR) is 78.9 cm³/mol. The van der Waals surface area contributed by atoms with E-state index in [2.05, 4.69) is 22.3 Å². The largest absolute Gasteiger partial charge is 0.378 e. The van der Waals surface area contributed by atoms with Crippen molar-refractivity contribution in [3.8, 4) is 0 Å². The standard InChI is InChI=1S/C13H16Cl2N4/c1-4-10-9(7-19(3)18-10)6-16-12-8(2)5-11(14)17-13(12)15/h5,7,16H,4,6H2,1-3H3. The second-order valence-corrected chi connectivity index (χ2v) is 5.15. The molecule has 0 aliphatic heterocycles. The summed E-state index contributed by atoms with van der Waals surface area (Å²) in [5.74, 6) is 0. The van der Waals surface area contributed by atoms with Crippen molar-refractivity contribution in [2.24, 2.45) is 7.05 Å². The van der Waals surface area contributed by atoms with E-state index in [4.69, 9.17) is 23.2 Å². The number of nitrogens with zero attached hydrogens (tertiary/aromatic N) is 3. The highest BCUT2D eigenvalue weighted by Crippen LogP contribution is 2.27. The molecule has 102 valence electrons. The van der Waals surface area contributed by atoms with Crippen LogP contribution in [0.15, 0.2) is 12.3 Å². The molecular weight excluding hydrogens is 283 g/mol. The van der Waals surface area contributed by atoms with E-state index in [1.165, 1.54) is 0 Å². The summed E-state index contributed by atoms with van der Waals surface area (Å²) in [6.45, 7) is 4.71. The van der Waals surface area contributed by atoms with Crippen LogP contribution in [0.4, 0.5) is 5.69 Å². The Bertz CT molecular complexity index is 569. The van der Waals surface area contributed by atoms with Crippen LogP contribution >= 0.6 is 23.2 Å². The Morgan fingerprint density at radius 3 is 2.74 bits per heavy atom. The normalized spacial score (nSPS) is 10.8. The third-order valence-electron chi connectivity index (χ3n) is 2.92. The van der Waals surface area contributed by atoms with E-state index in [1.54, 1.807) is 6.07 Å². The van der Waals surface area contributed by atoms with Gasteiger partial charge in [0.1, 0.15) is 5.15 Å². The number of anilines is 1. The van der Waals surface area contributed by atoms with Crippen LogP contribution in [0, 0.1) is 6.92 Å². The van der Waals surface area contributed by atoms with E-state index in [1.807, 2.05) is 24.9 Å². The predicted octanol–water partition coefficient (Wildman–Crippen LogP) is 3.60. The summed E-state index contributed by atoms with van der Waals surface area (Å²) in [7, 11) is 1.92. The van der Waals surface area contributed by atoms with Gasteiger partial charge in [-0.25, -0.2) is 4.98 Å². The van der Waals surface area contributed by atoms with Crippen molar-refractivity contribution in [2.45, 2.75) is 26.8 Å². The molecule has 6 heteroatoms.